The van der Waals surface area contributed by atoms with Crippen LogP contribution in [0.5, 0.6) is 5.75 Å². The van der Waals surface area contributed by atoms with Gasteiger partial charge in [-0.1, -0.05) is 90.4 Å². The average molecular weight is 523 g/mol. The molecule has 2 amide bonds. The molecule has 0 aliphatic carbocycles. The normalized spacial score (nSPS) is 11.7. The Morgan fingerprint density at radius 1 is 0.912 bits per heavy atom. The van der Waals surface area contributed by atoms with Crippen molar-refractivity contribution in [2.75, 3.05) is 13.7 Å². The van der Waals surface area contributed by atoms with Crippen LogP contribution in [0.1, 0.15) is 36.5 Å². The largest absolute Gasteiger partial charge is 0.483 e. The van der Waals surface area contributed by atoms with Gasteiger partial charge in [-0.15, -0.1) is 0 Å². The van der Waals surface area contributed by atoms with E-state index in [-0.39, 0.29) is 24.3 Å². The lowest BCUT2D eigenvalue weighted by atomic mass is 10.0. The van der Waals surface area contributed by atoms with Crippen LogP contribution >= 0.6 is 15.9 Å². The Morgan fingerprint density at radius 2 is 1.56 bits per heavy atom. The Bertz CT molecular complexity index is 1080. The molecule has 1 atom stereocenters. The molecule has 0 heterocycles. The lowest BCUT2D eigenvalue weighted by Crippen LogP contribution is -2.51. The van der Waals surface area contributed by atoms with E-state index in [1.54, 1.807) is 11.9 Å². The standard InChI is InChI=1S/C28H31BrN2O3/c1-20(2)24-11-7-8-12-26(24)34-19-27(32)31(18-22-13-15-23(29)16-14-22)25(28(33)30-3)17-21-9-5-4-6-10-21/h4-16,20,25H,17-19H2,1-3H3,(H,30,33)/t25-/m1/s1. The maximum absolute atomic E-state index is 13.5. The SMILES string of the molecule is CNC(=O)[C@@H](Cc1ccccc1)N(Cc1ccc(Br)cc1)C(=O)COc1ccccc1C(C)C. The number of halogens is 1. The third kappa shape index (κ3) is 6.94. The molecule has 5 nitrogen and oxygen atoms in total. The number of carbonyl (C=O) groups excluding carboxylic acids is 2. The highest BCUT2D eigenvalue weighted by Crippen LogP contribution is 2.26. The number of ether oxygens (including phenoxy) is 1. The fourth-order valence-electron chi connectivity index (χ4n) is 3.82. The van der Waals surface area contributed by atoms with E-state index in [1.165, 1.54) is 0 Å². The van der Waals surface area contributed by atoms with Gasteiger partial charge in [0.25, 0.3) is 5.91 Å². The molecule has 6 heteroatoms. The maximum atomic E-state index is 13.5. The molecule has 3 aromatic carbocycles. The van der Waals surface area contributed by atoms with Gasteiger partial charge in [0.15, 0.2) is 6.61 Å². The number of amides is 2. The molecule has 0 fully saturated rings. The summed E-state index contributed by atoms with van der Waals surface area (Å²) >= 11 is 3.45. The van der Waals surface area contributed by atoms with Crippen LogP contribution in [0.4, 0.5) is 0 Å². The molecule has 3 aromatic rings. The lowest BCUT2D eigenvalue weighted by molar-refractivity contribution is -0.142. The van der Waals surface area contributed by atoms with E-state index in [9.17, 15) is 9.59 Å². The van der Waals surface area contributed by atoms with Gasteiger partial charge in [-0.2, -0.15) is 0 Å². The fraction of sp³-hybridized carbons (Fsp3) is 0.286. The molecule has 0 bridgehead atoms. The van der Waals surface area contributed by atoms with Crippen LogP contribution in [0.3, 0.4) is 0 Å². The summed E-state index contributed by atoms with van der Waals surface area (Å²) in [5, 5.41) is 2.73. The first kappa shape index (κ1) is 25.5. The summed E-state index contributed by atoms with van der Waals surface area (Å²) in [5.41, 5.74) is 2.96. The van der Waals surface area contributed by atoms with Gasteiger partial charge in [-0.25, -0.2) is 0 Å². The number of likely N-dealkylation sites (N-methyl/N-ethyl adjacent to an activating group) is 1. The molecule has 0 radical (unpaired) electrons. The third-order valence-corrected chi connectivity index (χ3v) is 6.20. The molecule has 0 spiro atoms. The molecule has 0 aliphatic rings. The first-order chi connectivity index (χ1) is 16.4. The summed E-state index contributed by atoms with van der Waals surface area (Å²) in [6, 6.07) is 24.6. The van der Waals surface area contributed by atoms with Gasteiger partial charge in [0.05, 0.1) is 0 Å². The number of hydrogen-bond donors (Lipinski definition) is 1. The number of hydrogen-bond acceptors (Lipinski definition) is 3. The van der Waals surface area contributed by atoms with Crippen LogP contribution in [0.15, 0.2) is 83.3 Å². The van der Waals surface area contributed by atoms with Crippen molar-refractivity contribution >= 4 is 27.7 Å². The second-order valence-electron chi connectivity index (χ2n) is 8.45. The van der Waals surface area contributed by atoms with Crippen molar-refractivity contribution in [2.24, 2.45) is 0 Å². The number of carbonyl (C=O) groups is 2. The molecule has 178 valence electrons. The quantitative estimate of drug-likeness (QED) is 0.391. The molecule has 0 saturated carbocycles. The summed E-state index contributed by atoms with van der Waals surface area (Å²) in [4.78, 5) is 28.1. The molecular weight excluding hydrogens is 492 g/mol. The van der Waals surface area contributed by atoms with Gasteiger partial charge >= 0.3 is 0 Å². The van der Waals surface area contributed by atoms with Crippen molar-refractivity contribution in [1.29, 1.82) is 0 Å². The van der Waals surface area contributed by atoms with Gasteiger partial charge in [0, 0.05) is 24.5 Å². The fourth-order valence-corrected chi connectivity index (χ4v) is 4.08. The highest BCUT2D eigenvalue weighted by molar-refractivity contribution is 9.10. The number of rotatable bonds is 10. The van der Waals surface area contributed by atoms with Crippen LogP contribution < -0.4 is 10.1 Å². The van der Waals surface area contributed by atoms with E-state index in [0.29, 0.717) is 18.7 Å². The molecule has 0 unspecified atom stereocenters. The van der Waals surface area contributed by atoms with Crippen molar-refractivity contribution < 1.29 is 14.3 Å². The maximum Gasteiger partial charge on any atom is 0.261 e. The van der Waals surface area contributed by atoms with Crippen LogP contribution in [0, 0.1) is 0 Å². The smallest absolute Gasteiger partial charge is 0.261 e. The van der Waals surface area contributed by atoms with E-state index >= 15 is 0 Å². The highest BCUT2D eigenvalue weighted by Gasteiger charge is 2.30. The second-order valence-corrected chi connectivity index (χ2v) is 9.36. The Kier molecular flexibility index (Phi) is 9.28. The molecule has 1 N–H and O–H groups in total. The average Bonchev–Trinajstić information content (AvgIpc) is 2.86. The van der Waals surface area contributed by atoms with Gasteiger partial charge in [0.2, 0.25) is 5.91 Å². The Morgan fingerprint density at radius 3 is 2.21 bits per heavy atom. The molecule has 0 aromatic heterocycles. The molecule has 0 aliphatic heterocycles. The van der Waals surface area contributed by atoms with Gasteiger partial charge < -0.3 is 15.0 Å². The monoisotopic (exact) mass is 522 g/mol. The number of benzene rings is 3. The minimum Gasteiger partial charge on any atom is -0.483 e. The van der Waals surface area contributed by atoms with E-state index in [4.69, 9.17) is 4.74 Å². The lowest BCUT2D eigenvalue weighted by Gasteiger charge is -2.31. The van der Waals surface area contributed by atoms with Crippen molar-refractivity contribution in [3.8, 4) is 5.75 Å². The number of nitrogens with zero attached hydrogens (tertiary/aromatic N) is 1. The zero-order chi connectivity index (χ0) is 24.5. The molecule has 34 heavy (non-hydrogen) atoms. The van der Waals surface area contributed by atoms with Crippen LogP contribution in [0.2, 0.25) is 0 Å². The Hall–Kier alpha value is -3.12. The van der Waals surface area contributed by atoms with Crippen molar-refractivity contribution in [1.82, 2.24) is 10.2 Å². The Labute approximate surface area is 210 Å². The second kappa shape index (κ2) is 12.4. The van der Waals surface area contributed by atoms with Gasteiger partial charge in [-0.3, -0.25) is 9.59 Å². The van der Waals surface area contributed by atoms with Gasteiger partial charge in [0.1, 0.15) is 11.8 Å². The third-order valence-electron chi connectivity index (χ3n) is 5.68. The first-order valence-corrected chi connectivity index (χ1v) is 12.2. The van der Waals surface area contributed by atoms with Crippen molar-refractivity contribution in [2.45, 2.75) is 38.8 Å². The predicted octanol–water partition coefficient (Wildman–Crippen LogP) is 5.34. The summed E-state index contributed by atoms with van der Waals surface area (Å²) in [6.45, 7) is 4.32. The van der Waals surface area contributed by atoms with Crippen molar-refractivity contribution in [3.05, 3.63) is 100 Å². The van der Waals surface area contributed by atoms with Crippen LogP contribution in [0.25, 0.3) is 0 Å². The van der Waals surface area contributed by atoms with E-state index in [1.807, 2.05) is 78.9 Å². The minimum atomic E-state index is -0.674. The topological polar surface area (TPSA) is 58.6 Å². The predicted molar refractivity (Wildman–Crippen MR) is 139 cm³/mol. The zero-order valence-electron chi connectivity index (χ0n) is 19.8. The Balaban J connectivity index is 1.88. The van der Waals surface area contributed by atoms with E-state index in [0.717, 1.165) is 21.2 Å². The zero-order valence-corrected chi connectivity index (χ0v) is 21.4. The van der Waals surface area contributed by atoms with E-state index in [2.05, 4.69) is 35.1 Å². The van der Waals surface area contributed by atoms with Crippen LogP contribution in [-0.2, 0) is 22.6 Å². The number of nitrogens with one attached hydrogen (secondary N) is 1. The summed E-state index contributed by atoms with van der Waals surface area (Å²) < 4.78 is 6.93. The summed E-state index contributed by atoms with van der Waals surface area (Å²) in [6.07, 6.45) is 0.408. The van der Waals surface area contributed by atoms with E-state index < -0.39 is 6.04 Å². The molecular formula is C28H31BrN2O3. The first-order valence-electron chi connectivity index (χ1n) is 11.4. The summed E-state index contributed by atoms with van der Waals surface area (Å²) in [7, 11) is 1.60. The minimum absolute atomic E-state index is 0.150. The van der Waals surface area contributed by atoms with Gasteiger partial charge in [-0.05, 0) is 40.8 Å². The number of para-hydroxylation sites is 1. The molecule has 0 saturated heterocycles. The highest BCUT2D eigenvalue weighted by atomic mass is 79.9. The molecule has 3 rings (SSSR count). The van der Waals surface area contributed by atoms with Crippen molar-refractivity contribution in [3.63, 3.8) is 0 Å². The summed E-state index contributed by atoms with van der Waals surface area (Å²) in [5.74, 6) is 0.499. The van der Waals surface area contributed by atoms with Crippen LogP contribution in [-0.4, -0.2) is 36.4 Å².